The van der Waals surface area contributed by atoms with Gasteiger partial charge in [0, 0.05) is 22.9 Å². The lowest BCUT2D eigenvalue weighted by molar-refractivity contribution is -0.113. The minimum absolute atomic E-state index is 0.00139. The fraction of sp³-hybridized carbons (Fsp3) is 0.227. The zero-order valence-electron chi connectivity index (χ0n) is 15.7. The number of amides is 1. The molecule has 2 heterocycles. The van der Waals surface area contributed by atoms with Gasteiger partial charge >= 0.3 is 0 Å². The van der Waals surface area contributed by atoms with Gasteiger partial charge in [0.05, 0.1) is 24.2 Å². The minimum Gasteiger partial charge on any atom is -0.497 e. The molecule has 144 valence electrons. The number of para-hydroxylation sites is 2. The Morgan fingerprint density at radius 3 is 2.82 bits per heavy atom. The van der Waals surface area contributed by atoms with Crippen molar-refractivity contribution in [2.45, 2.75) is 17.9 Å². The Bertz CT molecular complexity index is 953. The molecule has 1 aliphatic rings. The second-order valence-corrected chi connectivity index (χ2v) is 8.62. The molecule has 0 bridgehead atoms. The average molecular weight is 411 g/mol. The Balaban J connectivity index is 1.40. The van der Waals surface area contributed by atoms with Crippen LogP contribution < -0.4 is 15.0 Å². The van der Waals surface area contributed by atoms with Gasteiger partial charge in [-0.15, -0.1) is 23.1 Å². The van der Waals surface area contributed by atoms with Gasteiger partial charge in [-0.05, 0) is 59.8 Å². The van der Waals surface area contributed by atoms with E-state index >= 15 is 0 Å². The number of nitrogens with zero attached hydrogens (tertiary/aromatic N) is 1. The van der Waals surface area contributed by atoms with Crippen molar-refractivity contribution in [2.75, 3.05) is 29.6 Å². The highest BCUT2D eigenvalue weighted by Crippen LogP contribution is 2.32. The topological polar surface area (TPSA) is 41.6 Å². The maximum atomic E-state index is 12.5. The number of thioether (sulfide) groups is 1. The molecule has 2 aromatic carbocycles. The summed E-state index contributed by atoms with van der Waals surface area (Å²) in [4.78, 5) is 17.4. The lowest BCUT2D eigenvalue weighted by Crippen LogP contribution is -2.30. The standard InChI is InChI=1S/C22H22N2O2S2/c1-26-17-6-8-18(9-7-17)28-15-22(25)23-19-4-2-3-5-20(19)24-12-10-21-16(14-24)11-13-27-21/h2-9,11,13H,10,12,14-15H2,1H3,(H,23,25). The zero-order valence-corrected chi connectivity index (χ0v) is 17.3. The van der Waals surface area contributed by atoms with Crippen LogP contribution in [0, 0.1) is 0 Å². The van der Waals surface area contributed by atoms with Gasteiger partial charge in [-0.2, -0.15) is 0 Å². The van der Waals surface area contributed by atoms with Crippen LogP contribution in [0.5, 0.6) is 5.75 Å². The number of carbonyl (C=O) groups is 1. The molecule has 0 saturated carbocycles. The fourth-order valence-corrected chi connectivity index (χ4v) is 4.90. The van der Waals surface area contributed by atoms with Crippen LogP contribution in [-0.4, -0.2) is 25.3 Å². The van der Waals surface area contributed by atoms with Crippen molar-refractivity contribution in [3.05, 3.63) is 70.4 Å². The number of anilines is 2. The normalized spacial score (nSPS) is 13.1. The highest BCUT2D eigenvalue weighted by Gasteiger charge is 2.20. The third kappa shape index (κ3) is 4.34. The van der Waals surface area contributed by atoms with Crippen molar-refractivity contribution in [2.24, 2.45) is 0 Å². The number of thiophene rings is 1. The predicted octanol–water partition coefficient (Wildman–Crippen LogP) is 5.05. The van der Waals surface area contributed by atoms with E-state index in [1.54, 1.807) is 7.11 Å². The first-order valence-electron chi connectivity index (χ1n) is 9.19. The summed E-state index contributed by atoms with van der Waals surface area (Å²) >= 11 is 3.36. The molecule has 1 aliphatic heterocycles. The smallest absolute Gasteiger partial charge is 0.234 e. The zero-order chi connectivity index (χ0) is 19.3. The van der Waals surface area contributed by atoms with Crippen LogP contribution in [-0.2, 0) is 17.8 Å². The second-order valence-electron chi connectivity index (χ2n) is 6.57. The van der Waals surface area contributed by atoms with E-state index in [1.807, 2.05) is 53.8 Å². The molecule has 4 nitrogen and oxygen atoms in total. The van der Waals surface area contributed by atoms with Crippen LogP contribution in [0.3, 0.4) is 0 Å². The molecule has 6 heteroatoms. The Hall–Kier alpha value is -2.44. The number of nitrogens with one attached hydrogen (secondary N) is 1. The fourth-order valence-electron chi connectivity index (χ4n) is 3.32. The number of hydrogen-bond acceptors (Lipinski definition) is 5. The van der Waals surface area contributed by atoms with E-state index < -0.39 is 0 Å². The van der Waals surface area contributed by atoms with Crippen LogP contribution in [0.15, 0.2) is 64.9 Å². The third-order valence-corrected chi connectivity index (χ3v) is 6.79. The third-order valence-electron chi connectivity index (χ3n) is 4.76. The van der Waals surface area contributed by atoms with Gasteiger partial charge in [-0.25, -0.2) is 0 Å². The first kappa shape index (κ1) is 18.9. The van der Waals surface area contributed by atoms with E-state index in [1.165, 1.54) is 22.2 Å². The van der Waals surface area contributed by atoms with Gasteiger partial charge < -0.3 is 15.0 Å². The van der Waals surface area contributed by atoms with Gasteiger partial charge in [0.1, 0.15) is 5.75 Å². The number of ether oxygens (including phenoxy) is 1. The molecule has 0 atom stereocenters. The number of fused-ring (bicyclic) bond motifs is 1. The molecule has 0 fully saturated rings. The van der Waals surface area contributed by atoms with Crippen molar-refractivity contribution >= 4 is 40.4 Å². The number of benzene rings is 2. The highest BCUT2D eigenvalue weighted by atomic mass is 32.2. The molecule has 0 spiro atoms. The lowest BCUT2D eigenvalue weighted by Gasteiger charge is -2.30. The van der Waals surface area contributed by atoms with Crippen molar-refractivity contribution in [3.63, 3.8) is 0 Å². The Morgan fingerprint density at radius 2 is 2.00 bits per heavy atom. The van der Waals surface area contributed by atoms with Gasteiger partial charge in [0.15, 0.2) is 0 Å². The maximum absolute atomic E-state index is 12.5. The van der Waals surface area contributed by atoms with E-state index in [0.717, 1.165) is 41.5 Å². The second kappa shape index (κ2) is 8.71. The number of methoxy groups -OCH3 is 1. The van der Waals surface area contributed by atoms with Gasteiger partial charge in [-0.3, -0.25) is 4.79 Å². The summed E-state index contributed by atoms with van der Waals surface area (Å²) in [6.07, 6.45) is 1.06. The van der Waals surface area contributed by atoms with Gasteiger partial charge in [0.2, 0.25) is 5.91 Å². The van der Waals surface area contributed by atoms with Crippen LogP contribution in [0.25, 0.3) is 0 Å². The lowest BCUT2D eigenvalue weighted by atomic mass is 10.1. The van der Waals surface area contributed by atoms with E-state index in [9.17, 15) is 4.79 Å². The SMILES string of the molecule is COc1ccc(SCC(=O)Nc2ccccc2N2CCc3sccc3C2)cc1. The molecule has 0 radical (unpaired) electrons. The van der Waals surface area contributed by atoms with E-state index in [4.69, 9.17) is 4.74 Å². The summed E-state index contributed by atoms with van der Waals surface area (Å²) in [6, 6.07) is 18.0. The molecular formula is C22H22N2O2S2. The number of hydrogen-bond donors (Lipinski definition) is 1. The van der Waals surface area contributed by atoms with Gasteiger partial charge in [-0.1, -0.05) is 12.1 Å². The van der Waals surface area contributed by atoms with E-state index in [-0.39, 0.29) is 5.91 Å². The van der Waals surface area contributed by atoms with E-state index in [0.29, 0.717) is 5.75 Å². The summed E-state index contributed by atoms with van der Waals surface area (Å²) in [5.41, 5.74) is 3.36. The predicted molar refractivity (Wildman–Crippen MR) is 118 cm³/mol. The highest BCUT2D eigenvalue weighted by molar-refractivity contribution is 8.00. The minimum atomic E-state index is 0.00139. The average Bonchev–Trinajstić information content (AvgIpc) is 3.21. The Labute approximate surface area is 173 Å². The Morgan fingerprint density at radius 1 is 1.18 bits per heavy atom. The van der Waals surface area contributed by atoms with Crippen LogP contribution >= 0.6 is 23.1 Å². The molecule has 4 rings (SSSR count). The molecule has 1 aromatic heterocycles. The quantitative estimate of drug-likeness (QED) is 0.578. The summed E-state index contributed by atoms with van der Waals surface area (Å²) in [5.74, 6) is 1.19. The van der Waals surface area contributed by atoms with Crippen molar-refractivity contribution in [1.82, 2.24) is 0 Å². The number of rotatable bonds is 6. The summed E-state index contributed by atoms with van der Waals surface area (Å²) in [6.45, 7) is 1.87. The van der Waals surface area contributed by atoms with Crippen molar-refractivity contribution < 1.29 is 9.53 Å². The van der Waals surface area contributed by atoms with Crippen LogP contribution in [0.1, 0.15) is 10.4 Å². The largest absolute Gasteiger partial charge is 0.497 e. The van der Waals surface area contributed by atoms with E-state index in [2.05, 4.69) is 27.7 Å². The molecule has 0 unspecified atom stereocenters. The van der Waals surface area contributed by atoms with Crippen LogP contribution in [0.4, 0.5) is 11.4 Å². The molecule has 3 aromatic rings. The molecule has 28 heavy (non-hydrogen) atoms. The molecule has 1 amide bonds. The van der Waals surface area contributed by atoms with Crippen LogP contribution in [0.2, 0.25) is 0 Å². The van der Waals surface area contributed by atoms with Crippen molar-refractivity contribution in [1.29, 1.82) is 0 Å². The summed E-state index contributed by atoms with van der Waals surface area (Å²) in [5, 5.41) is 5.26. The van der Waals surface area contributed by atoms with Gasteiger partial charge in [0.25, 0.3) is 0 Å². The maximum Gasteiger partial charge on any atom is 0.234 e. The first-order valence-corrected chi connectivity index (χ1v) is 11.1. The summed E-state index contributed by atoms with van der Waals surface area (Å²) < 4.78 is 5.17. The first-order chi connectivity index (χ1) is 13.7. The molecule has 1 N–H and O–H groups in total. The Kier molecular flexibility index (Phi) is 5.88. The summed E-state index contributed by atoms with van der Waals surface area (Å²) in [7, 11) is 1.65. The monoisotopic (exact) mass is 410 g/mol. The molecular weight excluding hydrogens is 388 g/mol. The number of carbonyl (C=O) groups excluding carboxylic acids is 1. The molecule has 0 aliphatic carbocycles. The molecule has 0 saturated heterocycles. The van der Waals surface area contributed by atoms with Crippen molar-refractivity contribution in [3.8, 4) is 5.75 Å².